The lowest BCUT2D eigenvalue weighted by atomic mass is 10.3. The molecular weight excluding hydrogens is 214 g/mol. The van der Waals surface area contributed by atoms with E-state index in [2.05, 4.69) is 4.98 Å². The van der Waals surface area contributed by atoms with Gasteiger partial charge in [-0.2, -0.15) is 0 Å². The number of rotatable bonds is 3. The van der Waals surface area contributed by atoms with E-state index in [1.54, 1.807) is 6.07 Å². The molecule has 15 heavy (non-hydrogen) atoms. The second kappa shape index (κ2) is 4.08. The lowest BCUT2D eigenvalue weighted by molar-refractivity contribution is 0.281. The number of aromatic nitrogens is 2. The zero-order chi connectivity index (χ0) is 10.8. The molecule has 0 bridgehead atoms. The summed E-state index contributed by atoms with van der Waals surface area (Å²) in [6, 6.07) is 5.51. The summed E-state index contributed by atoms with van der Waals surface area (Å²) in [5, 5.41) is 9.42. The minimum absolute atomic E-state index is 0.129. The highest BCUT2D eigenvalue weighted by molar-refractivity contribution is 6.35. The summed E-state index contributed by atoms with van der Waals surface area (Å²) in [4.78, 5) is 4.20. The Morgan fingerprint density at radius 1 is 1.47 bits per heavy atom. The number of anilines is 1. The van der Waals surface area contributed by atoms with Gasteiger partial charge < -0.3 is 15.4 Å². The van der Waals surface area contributed by atoms with Gasteiger partial charge in [-0.15, -0.1) is 0 Å². The fourth-order valence-electron chi connectivity index (χ4n) is 1.61. The van der Waals surface area contributed by atoms with Gasteiger partial charge in [-0.3, -0.25) is 0 Å². The van der Waals surface area contributed by atoms with Crippen molar-refractivity contribution in [3.63, 3.8) is 0 Å². The molecule has 3 N–H and O–H groups in total. The number of imidazole rings is 1. The normalized spacial score (nSPS) is 11.1. The highest BCUT2D eigenvalue weighted by atomic mass is 35.5. The molecule has 0 aliphatic heterocycles. The number of aryl methyl sites for hydroxylation is 1. The molecule has 0 fully saturated rings. The van der Waals surface area contributed by atoms with Crippen LogP contribution in [0.1, 0.15) is 6.42 Å². The molecule has 1 heterocycles. The topological polar surface area (TPSA) is 64.1 Å². The molecule has 0 amide bonds. The molecule has 0 radical (unpaired) electrons. The largest absolute Gasteiger partial charge is 0.396 e. The highest BCUT2D eigenvalue weighted by Crippen LogP contribution is 2.25. The summed E-state index contributed by atoms with van der Waals surface area (Å²) >= 11 is 6.08. The molecule has 0 saturated carbocycles. The van der Waals surface area contributed by atoms with E-state index in [4.69, 9.17) is 22.4 Å². The number of hydrogen-bond acceptors (Lipinski definition) is 3. The van der Waals surface area contributed by atoms with Gasteiger partial charge in [0.05, 0.1) is 16.1 Å². The quantitative estimate of drug-likeness (QED) is 0.835. The zero-order valence-corrected chi connectivity index (χ0v) is 8.91. The Labute approximate surface area is 92.3 Å². The van der Waals surface area contributed by atoms with Gasteiger partial charge in [-0.1, -0.05) is 17.7 Å². The Morgan fingerprint density at radius 3 is 3.00 bits per heavy atom. The molecule has 4 nitrogen and oxygen atoms in total. The maximum absolute atomic E-state index is 8.79. The van der Waals surface area contributed by atoms with Gasteiger partial charge in [0, 0.05) is 13.2 Å². The van der Waals surface area contributed by atoms with Crippen molar-refractivity contribution in [2.24, 2.45) is 0 Å². The molecule has 2 aromatic rings. The molecule has 0 aliphatic rings. The van der Waals surface area contributed by atoms with Crippen LogP contribution in [0.4, 0.5) is 5.95 Å². The van der Waals surface area contributed by atoms with Crippen LogP contribution in [0.3, 0.4) is 0 Å². The number of nitrogens with two attached hydrogens (primary N) is 1. The first-order valence-corrected chi connectivity index (χ1v) is 5.13. The van der Waals surface area contributed by atoms with Gasteiger partial charge >= 0.3 is 0 Å². The van der Waals surface area contributed by atoms with E-state index in [0.717, 1.165) is 11.0 Å². The second-order valence-electron chi connectivity index (χ2n) is 3.31. The number of aliphatic hydroxyl groups excluding tert-OH is 1. The minimum Gasteiger partial charge on any atom is -0.396 e. The summed E-state index contributed by atoms with van der Waals surface area (Å²) in [6.07, 6.45) is 0.640. The fourth-order valence-corrected chi connectivity index (χ4v) is 1.89. The minimum atomic E-state index is 0.129. The molecule has 5 heteroatoms. The average molecular weight is 226 g/mol. The first-order chi connectivity index (χ1) is 7.24. The molecule has 0 spiro atoms. The number of benzene rings is 1. The van der Waals surface area contributed by atoms with E-state index < -0.39 is 0 Å². The van der Waals surface area contributed by atoms with E-state index in [9.17, 15) is 0 Å². The lowest BCUT2D eigenvalue weighted by Gasteiger charge is -2.05. The van der Waals surface area contributed by atoms with E-state index >= 15 is 0 Å². The van der Waals surface area contributed by atoms with Gasteiger partial charge in [0.25, 0.3) is 0 Å². The Morgan fingerprint density at radius 2 is 2.27 bits per heavy atom. The van der Waals surface area contributed by atoms with Gasteiger partial charge in [0.1, 0.15) is 0 Å². The van der Waals surface area contributed by atoms with E-state index in [0.29, 0.717) is 23.9 Å². The number of nitrogen functional groups attached to an aromatic ring is 1. The Bertz CT molecular complexity index is 481. The molecule has 1 aromatic heterocycles. The number of para-hydroxylation sites is 1. The summed E-state index contributed by atoms with van der Waals surface area (Å²) in [5.74, 6) is 0.437. The van der Waals surface area contributed by atoms with Crippen LogP contribution in [0.2, 0.25) is 5.02 Å². The van der Waals surface area contributed by atoms with Gasteiger partial charge in [-0.05, 0) is 18.6 Å². The van der Waals surface area contributed by atoms with Crippen LogP contribution >= 0.6 is 11.6 Å². The number of nitrogens with zero attached hydrogens (tertiary/aromatic N) is 2. The second-order valence-corrected chi connectivity index (χ2v) is 3.71. The summed E-state index contributed by atoms with van der Waals surface area (Å²) in [5.41, 5.74) is 7.40. The smallest absolute Gasteiger partial charge is 0.201 e. The average Bonchev–Trinajstić information content (AvgIpc) is 2.53. The Balaban J connectivity index is 2.55. The summed E-state index contributed by atoms with van der Waals surface area (Å²) < 4.78 is 1.83. The fraction of sp³-hybridized carbons (Fsp3) is 0.300. The predicted octanol–water partition coefficient (Wildman–Crippen LogP) is 1.65. The molecular formula is C10H12ClN3O. The molecule has 2 rings (SSSR count). The van der Waals surface area contributed by atoms with Gasteiger partial charge in [0.2, 0.25) is 5.95 Å². The van der Waals surface area contributed by atoms with Gasteiger partial charge in [-0.25, -0.2) is 4.98 Å². The lowest BCUT2D eigenvalue weighted by Crippen LogP contribution is -2.04. The van der Waals surface area contributed by atoms with Crippen LogP contribution in [0.5, 0.6) is 0 Å². The van der Waals surface area contributed by atoms with Gasteiger partial charge in [0.15, 0.2) is 0 Å². The van der Waals surface area contributed by atoms with E-state index in [1.807, 2.05) is 16.7 Å². The third kappa shape index (κ3) is 1.78. The third-order valence-corrected chi connectivity index (χ3v) is 2.59. The van der Waals surface area contributed by atoms with Crippen molar-refractivity contribution in [2.75, 3.05) is 12.3 Å². The number of fused-ring (bicyclic) bond motifs is 1. The molecule has 0 unspecified atom stereocenters. The van der Waals surface area contributed by atoms with Crippen LogP contribution in [-0.2, 0) is 6.54 Å². The molecule has 0 atom stereocenters. The maximum atomic E-state index is 8.79. The molecule has 0 saturated heterocycles. The molecule has 0 aliphatic carbocycles. The number of halogens is 1. The van der Waals surface area contributed by atoms with Crippen molar-refractivity contribution in [1.82, 2.24) is 9.55 Å². The maximum Gasteiger partial charge on any atom is 0.201 e. The monoisotopic (exact) mass is 225 g/mol. The first kappa shape index (κ1) is 10.3. The zero-order valence-electron chi connectivity index (χ0n) is 8.15. The highest BCUT2D eigenvalue weighted by Gasteiger charge is 2.10. The van der Waals surface area contributed by atoms with Crippen LogP contribution in [0, 0.1) is 0 Å². The standard InChI is InChI=1S/C10H12ClN3O/c11-7-3-1-4-8-9(7)14(5-2-6-15)10(12)13-8/h1,3-4,15H,2,5-6H2,(H2,12,13). The number of hydrogen-bond donors (Lipinski definition) is 2. The van der Waals surface area contributed by atoms with E-state index in [-0.39, 0.29) is 6.61 Å². The predicted molar refractivity (Wildman–Crippen MR) is 60.9 cm³/mol. The van der Waals surface area contributed by atoms with Crippen LogP contribution in [0.25, 0.3) is 11.0 Å². The van der Waals surface area contributed by atoms with Crippen LogP contribution in [0.15, 0.2) is 18.2 Å². The Kier molecular flexibility index (Phi) is 2.79. The van der Waals surface area contributed by atoms with Crippen molar-refractivity contribution in [3.05, 3.63) is 23.2 Å². The van der Waals surface area contributed by atoms with Crippen molar-refractivity contribution >= 4 is 28.6 Å². The first-order valence-electron chi connectivity index (χ1n) is 4.75. The third-order valence-electron chi connectivity index (χ3n) is 2.29. The van der Waals surface area contributed by atoms with E-state index in [1.165, 1.54) is 0 Å². The number of aliphatic hydroxyl groups is 1. The Hall–Kier alpha value is -1.26. The van der Waals surface area contributed by atoms with Crippen molar-refractivity contribution in [3.8, 4) is 0 Å². The summed E-state index contributed by atoms with van der Waals surface area (Å²) in [6.45, 7) is 0.756. The van der Waals surface area contributed by atoms with Crippen molar-refractivity contribution in [1.29, 1.82) is 0 Å². The van der Waals surface area contributed by atoms with Crippen LogP contribution < -0.4 is 5.73 Å². The van der Waals surface area contributed by atoms with Crippen molar-refractivity contribution in [2.45, 2.75) is 13.0 Å². The summed E-state index contributed by atoms with van der Waals surface area (Å²) in [7, 11) is 0. The van der Waals surface area contributed by atoms with Crippen molar-refractivity contribution < 1.29 is 5.11 Å². The molecule has 1 aromatic carbocycles. The molecule has 80 valence electrons. The SMILES string of the molecule is Nc1nc2cccc(Cl)c2n1CCCO. The van der Waals surface area contributed by atoms with Crippen LogP contribution in [-0.4, -0.2) is 21.3 Å².